The molecule has 7 nitrogen and oxygen atoms in total. The molecule has 0 fully saturated rings. The molecule has 0 atom stereocenters. The molecular weight excluding hydrogens is 330 g/mol. The number of aromatic nitrogens is 1. The van der Waals surface area contributed by atoms with Crippen molar-refractivity contribution in [2.45, 2.75) is 26.2 Å². The van der Waals surface area contributed by atoms with Gasteiger partial charge in [0.2, 0.25) is 10.0 Å². The van der Waals surface area contributed by atoms with E-state index < -0.39 is 10.0 Å². The zero-order valence-electron chi connectivity index (χ0n) is 14.2. The van der Waals surface area contributed by atoms with Gasteiger partial charge in [0.25, 0.3) is 5.91 Å². The average molecular weight is 353 g/mol. The van der Waals surface area contributed by atoms with Gasteiger partial charge in [0.15, 0.2) is 11.5 Å². The highest BCUT2D eigenvalue weighted by atomic mass is 32.2. The van der Waals surface area contributed by atoms with Crippen LogP contribution in [0, 0.1) is 0 Å². The molecule has 0 aliphatic heterocycles. The summed E-state index contributed by atoms with van der Waals surface area (Å²) in [6, 6.07) is 5.01. The topological polar surface area (TPSA) is 92.5 Å². The van der Waals surface area contributed by atoms with E-state index in [2.05, 4.69) is 17.2 Å². The third kappa shape index (κ3) is 4.55. The molecule has 1 heterocycles. The first-order chi connectivity index (χ1) is 11.3. The van der Waals surface area contributed by atoms with E-state index in [1.165, 1.54) is 14.1 Å². The maximum atomic E-state index is 12.1. The largest absolute Gasteiger partial charge is 0.441 e. The van der Waals surface area contributed by atoms with E-state index in [1.54, 1.807) is 18.2 Å². The van der Waals surface area contributed by atoms with Gasteiger partial charge in [-0.25, -0.2) is 17.7 Å². The molecule has 1 aromatic carbocycles. The number of carbonyl (C=O) groups excluding carboxylic acids is 1. The second-order valence-corrected chi connectivity index (χ2v) is 8.05. The van der Waals surface area contributed by atoms with Gasteiger partial charge in [-0.05, 0) is 24.6 Å². The number of sulfonamides is 1. The third-order valence-electron chi connectivity index (χ3n) is 3.64. The van der Waals surface area contributed by atoms with Crippen molar-refractivity contribution in [1.29, 1.82) is 0 Å². The predicted molar refractivity (Wildman–Crippen MR) is 92.4 cm³/mol. The SMILES string of the molecule is CCCCc1nc2cc(C(=O)NCCS(=O)(=O)N(C)C)ccc2o1. The summed E-state index contributed by atoms with van der Waals surface area (Å²) in [5.74, 6) is 0.199. The maximum Gasteiger partial charge on any atom is 0.251 e. The number of fused-ring (bicyclic) bond motifs is 1. The number of aryl methyl sites for hydroxylation is 1. The number of hydrogen-bond donors (Lipinski definition) is 1. The number of unbranched alkanes of at least 4 members (excludes halogenated alkanes) is 1. The van der Waals surface area contributed by atoms with Crippen molar-refractivity contribution in [2.24, 2.45) is 0 Å². The molecule has 2 aromatic rings. The smallest absolute Gasteiger partial charge is 0.251 e. The zero-order chi connectivity index (χ0) is 17.7. The monoisotopic (exact) mass is 353 g/mol. The van der Waals surface area contributed by atoms with Crippen LogP contribution in [0.25, 0.3) is 11.1 Å². The molecular formula is C16H23N3O4S. The summed E-state index contributed by atoms with van der Waals surface area (Å²) in [5, 5.41) is 2.61. The molecule has 0 aliphatic carbocycles. The standard InChI is InChI=1S/C16H23N3O4S/c1-4-5-6-15-18-13-11-12(7-8-14(13)23-15)16(20)17-9-10-24(21,22)19(2)3/h7-8,11H,4-6,9-10H2,1-3H3,(H,17,20). The number of amides is 1. The minimum atomic E-state index is -3.33. The van der Waals surface area contributed by atoms with E-state index >= 15 is 0 Å². The quantitative estimate of drug-likeness (QED) is 0.781. The Morgan fingerprint density at radius 1 is 1.33 bits per heavy atom. The number of oxazole rings is 1. The van der Waals surface area contributed by atoms with Crippen molar-refractivity contribution in [3.63, 3.8) is 0 Å². The van der Waals surface area contributed by atoms with Crippen LogP contribution in [0.5, 0.6) is 0 Å². The van der Waals surface area contributed by atoms with Crippen molar-refractivity contribution >= 4 is 27.0 Å². The molecule has 1 amide bonds. The molecule has 0 aliphatic rings. The molecule has 0 unspecified atom stereocenters. The van der Waals surface area contributed by atoms with Crippen LogP contribution in [-0.2, 0) is 16.4 Å². The van der Waals surface area contributed by atoms with Crippen LogP contribution in [-0.4, -0.2) is 50.0 Å². The van der Waals surface area contributed by atoms with Crippen molar-refractivity contribution in [3.8, 4) is 0 Å². The lowest BCUT2D eigenvalue weighted by atomic mass is 10.2. The van der Waals surface area contributed by atoms with Crippen LogP contribution in [0.2, 0.25) is 0 Å². The van der Waals surface area contributed by atoms with Crippen LogP contribution in [0.1, 0.15) is 36.0 Å². The van der Waals surface area contributed by atoms with E-state index in [-0.39, 0.29) is 18.2 Å². The van der Waals surface area contributed by atoms with Gasteiger partial charge in [0.05, 0.1) is 5.75 Å². The van der Waals surface area contributed by atoms with Gasteiger partial charge < -0.3 is 9.73 Å². The molecule has 1 aromatic heterocycles. The summed E-state index contributed by atoms with van der Waals surface area (Å²) in [5.41, 5.74) is 1.71. The van der Waals surface area contributed by atoms with Gasteiger partial charge in [0, 0.05) is 32.6 Å². The fourth-order valence-electron chi connectivity index (χ4n) is 2.13. The molecule has 8 heteroatoms. The molecule has 1 N–H and O–H groups in total. The first-order valence-electron chi connectivity index (χ1n) is 7.91. The summed E-state index contributed by atoms with van der Waals surface area (Å²) >= 11 is 0. The second-order valence-electron chi connectivity index (χ2n) is 5.75. The van der Waals surface area contributed by atoms with Crippen LogP contribution in [0.4, 0.5) is 0 Å². The van der Waals surface area contributed by atoms with Gasteiger partial charge in [-0.3, -0.25) is 4.79 Å². The first kappa shape index (κ1) is 18.4. The summed E-state index contributed by atoms with van der Waals surface area (Å²) < 4.78 is 30.1. The Labute approximate surface area is 142 Å². The van der Waals surface area contributed by atoms with Gasteiger partial charge in [-0.2, -0.15) is 0 Å². The molecule has 0 spiro atoms. The number of carbonyl (C=O) groups is 1. The van der Waals surface area contributed by atoms with Crippen LogP contribution < -0.4 is 5.32 Å². The van der Waals surface area contributed by atoms with Crippen LogP contribution in [0.15, 0.2) is 22.6 Å². The van der Waals surface area contributed by atoms with Gasteiger partial charge in [0.1, 0.15) is 5.52 Å². The van der Waals surface area contributed by atoms with Crippen molar-refractivity contribution in [2.75, 3.05) is 26.4 Å². The van der Waals surface area contributed by atoms with E-state index in [4.69, 9.17) is 4.42 Å². The summed E-state index contributed by atoms with van der Waals surface area (Å²) in [4.78, 5) is 16.5. The first-order valence-corrected chi connectivity index (χ1v) is 9.52. The van der Waals surface area contributed by atoms with Gasteiger partial charge >= 0.3 is 0 Å². The maximum absolute atomic E-state index is 12.1. The summed E-state index contributed by atoms with van der Waals surface area (Å²) in [7, 11) is -0.397. The predicted octanol–water partition coefficient (Wildman–Crippen LogP) is 1.79. The molecule has 0 bridgehead atoms. The Hall–Kier alpha value is -1.93. The normalized spacial score (nSPS) is 12.0. The minimum Gasteiger partial charge on any atom is -0.441 e. The highest BCUT2D eigenvalue weighted by molar-refractivity contribution is 7.89. The number of nitrogens with one attached hydrogen (secondary N) is 1. The Morgan fingerprint density at radius 3 is 2.75 bits per heavy atom. The molecule has 0 saturated carbocycles. The van der Waals surface area contributed by atoms with Crippen molar-refractivity contribution in [1.82, 2.24) is 14.6 Å². The molecule has 24 heavy (non-hydrogen) atoms. The van der Waals surface area contributed by atoms with Crippen molar-refractivity contribution in [3.05, 3.63) is 29.7 Å². The summed E-state index contributed by atoms with van der Waals surface area (Å²) in [6.07, 6.45) is 2.83. The highest BCUT2D eigenvalue weighted by Crippen LogP contribution is 2.18. The third-order valence-corrected chi connectivity index (χ3v) is 5.47. The second kappa shape index (κ2) is 7.76. The lowest BCUT2D eigenvalue weighted by Gasteiger charge is -2.11. The Kier molecular flexibility index (Phi) is 5.95. The number of nitrogens with zero attached hydrogens (tertiary/aromatic N) is 2. The van der Waals surface area contributed by atoms with Crippen LogP contribution in [0.3, 0.4) is 0 Å². The van der Waals surface area contributed by atoms with Gasteiger partial charge in [-0.15, -0.1) is 0 Å². The lowest BCUT2D eigenvalue weighted by Crippen LogP contribution is -2.33. The average Bonchev–Trinajstić information content (AvgIpc) is 2.94. The van der Waals surface area contributed by atoms with Crippen LogP contribution >= 0.6 is 0 Å². The summed E-state index contributed by atoms with van der Waals surface area (Å²) in [6.45, 7) is 2.15. The van der Waals surface area contributed by atoms with E-state index in [9.17, 15) is 13.2 Å². The lowest BCUT2D eigenvalue weighted by molar-refractivity contribution is 0.0956. The Morgan fingerprint density at radius 2 is 2.08 bits per heavy atom. The number of hydrogen-bond acceptors (Lipinski definition) is 5. The van der Waals surface area contributed by atoms with Crippen molar-refractivity contribution < 1.29 is 17.6 Å². The molecule has 0 radical (unpaired) electrons. The molecule has 2 rings (SSSR count). The number of benzene rings is 1. The fraction of sp³-hybridized carbons (Fsp3) is 0.500. The molecule has 132 valence electrons. The Balaban J connectivity index is 2.02. The molecule has 0 saturated heterocycles. The van der Waals surface area contributed by atoms with Gasteiger partial charge in [-0.1, -0.05) is 13.3 Å². The number of rotatable bonds is 8. The minimum absolute atomic E-state index is 0.0535. The van der Waals surface area contributed by atoms with E-state index in [1.807, 2.05) is 0 Å². The van der Waals surface area contributed by atoms with E-state index in [0.29, 0.717) is 22.6 Å². The van der Waals surface area contributed by atoms with E-state index in [0.717, 1.165) is 23.6 Å². The zero-order valence-corrected chi connectivity index (χ0v) is 15.0. The highest BCUT2D eigenvalue weighted by Gasteiger charge is 2.15. The Bertz CT molecular complexity index is 812. The fourth-order valence-corrected chi connectivity index (χ4v) is 2.85.